The smallest absolute Gasteiger partial charge is 0.160 e. The molecule has 0 bridgehead atoms. The summed E-state index contributed by atoms with van der Waals surface area (Å²) in [5.74, 6) is 0.318. The van der Waals surface area contributed by atoms with Crippen molar-refractivity contribution >= 4 is 5.78 Å². The number of carbonyl (C=O) groups excluding carboxylic acids is 1. The van der Waals surface area contributed by atoms with E-state index in [1.165, 1.54) is 5.56 Å². The number of Topliss-reactive ketones (excluding diaryl/α,β-unsaturated/α-hetero) is 1. The van der Waals surface area contributed by atoms with E-state index in [1.807, 2.05) is 43.3 Å². The standard InChI is InChI=1S/C27H38O3/c1-26(2,22-14-6-4-7-15-22)20-12-10-18-24(28)19-11-13-21-27(3,25(29)30)23-16-8-5-9-17-23/h4-9,14-17,25,29-30H,10-13,18-21H2,1-3H3. The summed E-state index contributed by atoms with van der Waals surface area (Å²) in [4.78, 5) is 12.3. The number of carbonyl (C=O) groups is 1. The molecule has 0 aliphatic heterocycles. The van der Waals surface area contributed by atoms with Gasteiger partial charge in [0, 0.05) is 18.3 Å². The molecule has 0 radical (unpaired) electrons. The molecule has 2 rings (SSSR count). The third-order valence-electron chi connectivity index (χ3n) is 6.47. The van der Waals surface area contributed by atoms with Crippen molar-refractivity contribution in [1.82, 2.24) is 0 Å². The lowest BCUT2D eigenvalue weighted by molar-refractivity contribution is -0.119. The molecule has 0 spiro atoms. The van der Waals surface area contributed by atoms with Gasteiger partial charge in [-0.05, 0) is 42.2 Å². The molecule has 1 unspecified atom stereocenters. The largest absolute Gasteiger partial charge is 0.367 e. The van der Waals surface area contributed by atoms with E-state index in [9.17, 15) is 15.0 Å². The van der Waals surface area contributed by atoms with Crippen molar-refractivity contribution in [2.75, 3.05) is 0 Å². The second-order valence-corrected chi connectivity index (χ2v) is 9.36. The topological polar surface area (TPSA) is 57.5 Å². The first-order valence-electron chi connectivity index (χ1n) is 11.2. The van der Waals surface area contributed by atoms with Crippen molar-refractivity contribution in [3.8, 4) is 0 Å². The Balaban J connectivity index is 1.67. The van der Waals surface area contributed by atoms with Gasteiger partial charge < -0.3 is 10.2 Å². The quantitative estimate of drug-likeness (QED) is 0.318. The van der Waals surface area contributed by atoms with Crippen LogP contribution in [0.1, 0.15) is 83.3 Å². The normalized spacial score (nSPS) is 13.9. The zero-order valence-corrected chi connectivity index (χ0v) is 18.8. The summed E-state index contributed by atoms with van der Waals surface area (Å²) in [6, 6.07) is 20.2. The number of rotatable bonds is 13. The van der Waals surface area contributed by atoms with Crippen molar-refractivity contribution in [3.63, 3.8) is 0 Å². The van der Waals surface area contributed by atoms with Crippen molar-refractivity contribution in [3.05, 3.63) is 71.8 Å². The lowest BCUT2D eigenvalue weighted by atomic mass is 9.77. The molecule has 0 aliphatic rings. The van der Waals surface area contributed by atoms with Gasteiger partial charge in [0.25, 0.3) is 0 Å². The Bertz CT molecular complexity index is 752. The molecule has 0 fully saturated rings. The van der Waals surface area contributed by atoms with E-state index in [0.29, 0.717) is 25.0 Å². The van der Waals surface area contributed by atoms with E-state index in [2.05, 4.69) is 38.1 Å². The molecule has 0 amide bonds. The van der Waals surface area contributed by atoms with Crippen LogP contribution in [0, 0.1) is 0 Å². The maximum Gasteiger partial charge on any atom is 0.160 e. The number of ketones is 1. The third-order valence-corrected chi connectivity index (χ3v) is 6.47. The van der Waals surface area contributed by atoms with Crippen LogP contribution < -0.4 is 0 Å². The molecule has 0 heterocycles. The van der Waals surface area contributed by atoms with Gasteiger partial charge in [-0.1, -0.05) is 94.3 Å². The summed E-state index contributed by atoms with van der Waals surface area (Å²) in [5, 5.41) is 19.8. The molecule has 164 valence electrons. The second kappa shape index (κ2) is 11.4. The van der Waals surface area contributed by atoms with Gasteiger partial charge in [0.1, 0.15) is 5.78 Å². The summed E-state index contributed by atoms with van der Waals surface area (Å²) >= 11 is 0. The summed E-state index contributed by atoms with van der Waals surface area (Å²) in [6.45, 7) is 6.41. The van der Waals surface area contributed by atoms with E-state index >= 15 is 0 Å². The number of hydrogen-bond donors (Lipinski definition) is 2. The summed E-state index contributed by atoms with van der Waals surface area (Å²) in [6.07, 6.45) is 5.12. The van der Waals surface area contributed by atoms with E-state index in [0.717, 1.165) is 37.7 Å². The summed E-state index contributed by atoms with van der Waals surface area (Å²) in [7, 11) is 0. The minimum Gasteiger partial charge on any atom is -0.367 e. The van der Waals surface area contributed by atoms with Gasteiger partial charge in [-0.2, -0.15) is 0 Å². The van der Waals surface area contributed by atoms with Crippen LogP contribution in [-0.2, 0) is 15.6 Å². The van der Waals surface area contributed by atoms with Crippen LogP contribution in [0.4, 0.5) is 0 Å². The Kier molecular flexibility index (Phi) is 9.26. The van der Waals surface area contributed by atoms with Crippen LogP contribution >= 0.6 is 0 Å². The monoisotopic (exact) mass is 410 g/mol. The summed E-state index contributed by atoms with van der Waals surface area (Å²) in [5.41, 5.74) is 1.71. The van der Waals surface area contributed by atoms with Gasteiger partial charge >= 0.3 is 0 Å². The molecule has 0 aromatic heterocycles. The predicted molar refractivity (Wildman–Crippen MR) is 123 cm³/mol. The second-order valence-electron chi connectivity index (χ2n) is 9.36. The first kappa shape index (κ1) is 24.3. The van der Waals surface area contributed by atoms with Crippen LogP contribution in [0.15, 0.2) is 60.7 Å². The molecule has 3 nitrogen and oxygen atoms in total. The molecule has 2 aromatic rings. The molecule has 2 N–H and O–H groups in total. The first-order valence-corrected chi connectivity index (χ1v) is 11.2. The lowest BCUT2D eigenvalue weighted by Gasteiger charge is -2.32. The number of aliphatic hydroxyl groups is 2. The van der Waals surface area contributed by atoms with E-state index < -0.39 is 11.7 Å². The van der Waals surface area contributed by atoms with Gasteiger partial charge in [-0.15, -0.1) is 0 Å². The molecular weight excluding hydrogens is 372 g/mol. The first-order chi connectivity index (χ1) is 14.3. The fourth-order valence-corrected chi connectivity index (χ4v) is 4.10. The van der Waals surface area contributed by atoms with Gasteiger partial charge in [-0.3, -0.25) is 4.79 Å². The molecule has 0 saturated carbocycles. The van der Waals surface area contributed by atoms with Crippen molar-refractivity contribution in [2.45, 2.75) is 89.3 Å². The average Bonchev–Trinajstić information content (AvgIpc) is 2.75. The number of unbranched alkanes of at least 4 members (excludes halogenated alkanes) is 2. The third kappa shape index (κ3) is 7.07. The minimum atomic E-state index is -1.41. The van der Waals surface area contributed by atoms with Crippen molar-refractivity contribution in [2.24, 2.45) is 0 Å². The highest BCUT2D eigenvalue weighted by atomic mass is 16.5. The minimum absolute atomic E-state index is 0.136. The molecule has 1 atom stereocenters. The van der Waals surface area contributed by atoms with Crippen LogP contribution in [-0.4, -0.2) is 22.3 Å². The number of benzene rings is 2. The zero-order valence-electron chi connectivity index (χ0n) is 18.8. The van der Waals surface area contributed by atoms with E-state index in [-0.39, 0.29) is 5.41 Å². The lowest BCUT2D eigenvalue weighted by Crippen LogP contribution is -2.36. The van der Waals surface area contributed by atoms with E-state index in [1.54, 1.807) is 0 Å². The van der Waals surface area contributed by atoms with Crippen molar-refractivity contribution in [1.29, 1.82) is 0 Å². The fraction of sp³-hybridized carbons (Fsp3) is 0.519. The van der Waals surface area contributed by atoms with Crippen molar-refractivity contribution < 1.29 is 15.0 Å². The van der Waals surface area contributed by atoms with Crippen LogP contribution in [0.5, 0.6) is 0 Å². The Morgan fingerprint density at radius 3 is 1.70 bits per heavy atom. The number of aliphatic hydroxyl groups excluding tert-OH is 1. The van der Waals surface area contributed by atoms with Gasteiger partial charge in [0.2, 0.25) is 0 Å². The maximum atomic E-state index is 12.3. The van der Waals surface area contributed by atoms with Gasteiger partial charge in [-0.25, -0.2) is 0 Å². The van der Waals surface area contributed by atoms with Gasteiger partial charge in [0.05, 0.1) is 0 Å². The van der Waals surface area contributed by atoms with Crippen LogP contribution in [0.2, 0.25) is 0 Å². The maximum absolute atomic E-state index is 12.3. The molecule has 0 saturated heterocycles. The molecule has 2 aromatic carbocycles. The highest BCUT2D eigenvalue weighted by molar-refractivity contribution is 5.78. The zero-order chi connectivity index (χ0) is 22.0. The Labute approximate surface area is 182 Å². The highest BCUT2D eigenvalue weighted by Gasteiger charge is 2.33. The Morgan fingerprint density at radius 1 is 0.733 bits per heavy atom. The average molecular weight is 411 g/mol. The molecular formula is C27H38O3. The van der Waals surface area contributed by atoms with Gasteiger partial charge in [0.15, 0.2) is 6.29 Å². The number of hydrogen-bond acceptors (Lipinski definition) is 3. The Morgan fingerprint density at radius 2 is 1.20 bits per heavy atom. The molecule has 3 heteroatoms. The predicted octanol–water partition coefficient (Wildman–Crippen LogP) is 5.92. The SMILES string of the molecule is CC(C)(CCCCC(=O)CCCCC(C)(c1ccccc1)C(O)O)c1ccccc1. The van der Waals surface area contributed by atoms with Crippen LogP contribution in [0.25, 0.3) is 0 Å². The van der Waals surface area contributed by atoms with E-state index in [4.69, 9.17) is 0 Å². The Hall–Kier alpha value is -1.97. The molecule has 30 heavy (non-hydrogen) atoms. The summed E-state index contributed by atoms with van der Waals surface area (Å²) < 4.78 is 0. The molecule has 0 aliphatic carbocycles. The van der Waals surface area contributed by atoms with Crippen LogP contribution in [0.3, 0.4) is 0 Å². The highest BCUT2D eigenvalue weighted by Crippen LogP contribution is 2.33. The fourth-order valence-electron chi connectivity index (χ4n) is 4.10.